The maximum Gasteiger partial charge on any atom is 0.322 e. The molecule has 0 aliphatic rings. The molecule has 0 unspecified atom stereocenters. The number of imidazole rings is 1. The maximum absolute atomic E-state index is 10.8. The van der Waals surface area contributed by atoms with Crippen LogP contribution >= 0.6 is 0 Å². The number of aromatic nitrogens is 2. The van der Waals surface area contributed by atoms with Gasteiger partial charge in [0.25, 0.3) is 0 Å². The van der Waals surface area contributed by atoms with E-state index in [4.69, 9.17) is 9.84 Å². The molecule has 118 valence electrons. The number of hydrogen-bond acceptors (Lipinski definition) is 4. The number of benzene rings is 1. The Kier molecular flexibility index (Phi) is 4.14. The number of nitrogens with zero attached hydrogens (tertiary/aromatic N) is 2. The summed E-state index contributed by atoms with van der Waals surface area (Å²) >= 11 is 0. The van der Waals surface area contributed by atoms with Crippen LogP contribution in [0.25, 0.3) is 5.65 Å². The first kappa shape index (κ1) is 14.9. The van der Waals surface area contributed by atoms with Crippen LogP contribution in [-0.2, 0) is 11.4 Å². The molecule has 23 heavy (non-hydrogen) atoms. The third kappa shape index (κ3) is 3.26. The van der Waals surface area contributed by atoms with Crippen molar-refractivity contribution >= 4 is 17.4 Å². The van der Waals surface area contributed by atoms with Crippen LogP contribution in [0.15, 0.2) is 48.7 Å². The third-order valence-corrected chi connectivity index (χ3v) is 3.43. The first-order valence-corrected chi connectivity index (χ1v) is 7.25. The topological polar surface area (TPSA) is 75.9 Å². The highest BCUT2D eigenvalue weighted by Gasteiger charge is 2.13. The Morgan fingerprint density at radius 2 is 2.04 bits per heavy atom. The fraction of sp³-hybridized carbons (Fsp3) is 0.176. The van der Waals surface area contributed by atoms with E-state index in [0.29, 0.717) is 23.8 Å². The lowest BCUT2D eigenvalue weighted by Gasteiger charge is -2.08. The number of carboxylic acids is 1. The van der Waals surface area contributed by atoms with Gasteiger partial charge >= 0.3 is 5.97 Å². The van der Waals surface area contributed by atoms with Crippen LogP contribution < -0.4 is 10.1 Å². The Morgan fingerprint density at radius 1 is 1.26 bits per heavy atom. The number of anilines is 1. The van der Waals surface area contributed by atoms with Gasteiger partial charge in [0, 0.05) is 6.20 Å². The molecule has 6 nitrogen and oxygen atoms in total. The number of hydrogen-bond donors (Lipinski definition) is 2. The van der Waals surface area contributed by atoms with Crippen molar-refractivity contribution in [3.63, 3.8) is 0 Å². The van der Waals surface area contributed by atoms with Gasteiger partial charge in [0.15, 0.2) is 11.4 Å². The Bertz CT molecular complexity index is 828. The van der Waals surface area contributed by atoms with Gasteiger partial charge in [-0.05, 0) is 24.6 Å². The molecule has 0 fully saturated rings. The number of ether oxygens (including phenoxy) is 1. The maximum atomic E-state index is 10.8. The number of aliphatic carboxylic acids is 1. The fourth-order valence-electron chi connectivity index (χ4n) is 2.38. The Labute approximate surface area is 133 Å². The smallest absolute Gasteiger partial charge is 0.322 e. The molecule has 0 aliphatic heterocycles. The van der Waals surface area contributed by atoms with Gasteiger partial charge in [-0.3, -0.25) is 9.20 Å². The molecule has 0 saturated heterocycles. The van der Waals surface area contributed by atoms with Crippen LogP contribution in [0.2, 0.25) is 0 Å². The van der Waals surface area contributed by atoms with Gasteiger partial charge in [-0.1, -0.05) is 30.3 Å². The summed E-state index contributed by atoms with van der Waals surface area (Å²) in [5.41, 5.74) is 2.46. The van der Waals surface area contributed by atoms with E-state index >= 15 is 0 Å². The van der Waals surface area contributed by atoms with Crippen LogP contribution in [0.4, 0.5) is 5.82 Å². The number of carbonyl (C=O) groups is 1. The van der Waals surface area contributed by atoms with Gasteiger partial charge in [0.05, 0.1) is 5.69 Å². The molecule has 1 aromatic carbocycles. The summed E-state index contributed by atoms with van der Waals surface area (Å²) in [7, 11) is 0. The zero-order valence-electron chi connectivity index (χ0n) is 12.7. The van der Waals surface area contributed by atoms with E-state index < -0.39 is 5.97 Å². The minimum Gasteiger partial charge on any atom is -0.485 e. The molecule has 2 N–H and O–H groups in total. The van der Waals surface area contributed by atoms with Crippen molar-refractivity contribution in [3.8, 4) is 5.75 Å². The summed E-state index contributed by atoms with van der Waals surface area (Å²) in [6, 6.07) is 13.6. The number of carboxylic acid groups (broad SMARTS) is 1. The summed E-state index contributed by atoms with van der Waals surface area (Å²) in [5.74, 6) is 0.395. The largest absolute Gasteiger partial charge is 0.485 e. The molecule has 2 heterocycles. The zero-order chi connectivity index (χ0) is 16.2. The van der Waals surface area contributed by atoms with E-state index in [1.54, 1.807) is 4.40 Å². The second kappa shape index (κ2) is 6.39. The molecule has 3 rings (SSSR count). The lowest BCUT2D eigenvalue weighted by molar-refractivity contribution is -0.134. The Balaban J connectivity index is 1.87. The lowest BCUT2D eigenvalue weighted by Crippen LogP contribution is -2.14. The van der Waals surface area contributed by atoms with Crippen molar-refractivity contribution in [3.05, 3.63) is 59.9 Å². The lowest BCUT2D eigenvalue weighted by atomic mass is 10.2. The van der Waals surface area contributed by atoms with Gasteiger partial charge in [-0.15, -0.1) is 0 Å². The van der Waals surface area contributed by atoms with Crippen molar-refractivity contribution in [2.45, 2.75) is 13.5 Å². The van der Waals surface area contributed by atoms with E-state index in [1.165, 1.54) is 0 Å². The summed E-state index contributed by atoms with van der Waals surface area (Å²) < 4.78 is 7.68. The van der Waals surface area contributed by atoms with Gasteiger partial charge in [0.2, 0.25) is 0 Å². The average Bonchev–Trinajstić information content (AvgIpc) is 2.88. The van der Waals surface area contributed by atoms with E-state index in [0.717, 1.165) is 11.3 Å². The van der Waals surface area contributed by atoms with Gasteiger partial charge in [-0.2, -0.15) is 0 Å². The fourth-order valence-corrected chi connectivity index (χ4v) is 2.38. The van der Waals surface area contributed by atoms with E-state index in [2.05, 4.69) is 10.3 Å². The van der Waals surface area contributed by atoms with Crippen molar-refractivity contribution in [2.75, 3.05) is 11.9 Å². The SMILES string of the molecule is Cc1nc2c(OCc3ccccc3)cccn2c1NCC(=O)O. The molecule has 0 aliphatic carbocycles. The van der Waals surface area contributed by atoms with Crippen molar-refractivity contribution in [2.24, 2.45) is 0 Å². The predicted molar refractivity (Wildman–Crippen MR) is 86.8 cm³/mol. The monoisotopic (exact) mass is 311 g/mol. The minimum atomic E-state index is -0.921. The normalized spacial score (nSPS) is 10.7. The third-order valence-electron chi connectivity index (χ3n) is 3.43. The molecule has 0 bridgehead atoms. The summed E-state index contributed by atoms with van der Waals surface area (Å²) in [5, 5.41) is 11.7. The quantitative estimate of drug-likeness (QED) is 0.732. The van der Waals surface area contributed by atoms with Crippen LogP contribution in [0.1, 0.15) is 11.3 Å². The van der Waals surface area contributed by atoms with Crippen LogP contribution in [0.3, 0.4) is 0 Å². The number of nitrogens with one attached hydrogen (secondary N) is 1. The highest BCUT2D eigenvalue weighted by atomic mass is 16.5. The predicted octanol–water partition coefficient (Wildman–Crippen LogP) is 2.72. The number of rotatable bonds is 6. The molecule has 0 radical (unpaired) electrons. The van der Waals surface area contributed by atoms with Gasteiger partial charge < -0.3 is 15.2 Å². The molecular weight excluding hydrogens is 294 g/mol. The number of aryl methyl sites for hydroxylation is 1. The second-order valence-corrected chi connectivity index (χ2v) is 5.13. The van der Waals surface area contributed by atoms with Gasteiger partial charge in [0.1, 0.15) is 19.0 Å². The molecule has 6 heteroatoms. The number of pyridine rings is 1. The van der Waals surface area contributed by atoms with E-state index in [9.17, 15) is 4.79 Å². The Morgan fingerprint density at radius 3 is 2.78 bits per heavy atom. The molecule has 0 amide bonds. The van der Waals surface area contributed by atoms with E-state index in [1.807, 2.05) is 55.6 Å². The average molecular weight is 311 g/mol. The highest BCUT2D eigenvalue weighted by molar-refractivity contribution is 5.73. The van der Waals surface area contributed by atoms with Crippen LogP contribution in [-0.4, -0.2) is 27.0 Å². The molecule has 0 saturated carbocycles. The minimum absolute atomic E-state index is 0.163. The molecule has 0 atom stereocenters. The molecule has 0 spiro atoms. The second-order valence-electron chi connectivity index (χ2n) is 5.13. The highest BCUT2D eigenvalue weighted by Crippen LogP contribution is 2.25. The molecule has 3 aromatic rings. The summed E-state index contributed by atoms with van der Waals surface area (Å²) in [6.45, 7) is 2.12. The van der Waals surface area contributed by atoms with E-state index in [-0.39, 0.29) is 6.54 Å². The van der Waals surface area contributed by atoms with Gasteiger partial charge in [-0.25, -0.2) is 4.98 Å². The summed E-state index contributed by atoms with van der Waals surface area (Å²) in [6.07, 6.45) is 1.83. The Hall–Kier alpha value is -3.02. The summed E-state index contributed by atoms with van der Waals surface area (Å²) in [4.78, 5) is 15.2. The van der Waals surface area contributed by atoms with Crippen LogP contribution in [0.5, 0.6) is 5.75 Å². The zero-order valence-corrected chi connectivity index (χ0v) is 12.7. The van der Waals surface area contributed by atoms with Crippen molar-refractivity contribution < 1.29 is 14.6 Å². The van der Waals surface area contributed by atoms with Crippen molar-refractivity contribution in [1.82, 2.24) is 9.38 Å². The molecular formula is C17H17N3O3. The standard InChI is InChI=1S/C17H17N3O3/c1-12-16(18-10-15(21)22)20-9-5-8-14(17(20)19-12)23-11-13-6-3-2-4-7-13/h2-9,18H,10-11H2,1H3,(H,21,22). The van der Waals surface area contributed by atoms with Crippen LogP contribution in [0, 0.1) is 6.92 Å². The van der Waals surface area contributed by atoms with Crippen molar-refractivity contribution in [1.29, 1.82) is 0 Å². The first-order valence-electron chi connectivity index (χ1n) is 7.25. The number of fused-ring (bicyclic) bond motifs is 1. The first-order chi connectivity index (χ1) is 11.1. The molecule has 2 aromatic heterocycles.